The fourth-order valence-electron chi connectivity index (χ4n) is 3.39. The molecule has 7 nitrogen and oxygen atoms in total. The zero-order valence-electron chi connectivity index (χ0n) is 16.6. The number of hydrogen-bond donors (Lipinski definition) is 1. The van der Waals surface area contributed by atoms with E-state index in [4.69, 9.17) is 27.6 Å². The van der Waals surface area contributed by atoms with Crippen LogP contribution in [-0.4, -0.2) is 40.9 Å². The highest BCUT2D eigenvalue weighted by molar-refractivity contribution is 6.34. The van der Waals surface area contributed by atoms with Crippen molar-refractivity contribution in [3.8, 4) is 0 Å². The van der Waals surface area contributed by atoms with Gasteiger partial charge < -0.3 is 14.6 Å². The van der Waals surface area contributed by atoms with Gasteiger partial charge in [0.15, 0.2) is 0 Å². The molecule has 2 amide bonds. The molecular weight excluding hydrogens is 429 g/mol. The summed E-state index contributed by atoms with van der Waals surface area (Å²) in [6, 6.07) is 5.14. The van der Waals surface area contributed by atoms with Crippen molar-refractivity contribution in [3.63, 3.8) is 0 Å². The van der Waals surface area contributed by atoms with Crippen LogP contribution in [0.5, 0.6) is 0 Å². The summed E-state index contributed by atoms with van der Waals surface area (Å²) in [5, 5.41) is 3.82. The molecule has 3 rings (SSSR count). The molecule has 0 atom stereocenters. The molecule has 2 heterocycles. The largest absolute Gasteiger partial charge is 0.419 e. The Hall–Kier alpha value is -2.51. The average molecular weight is 452 g/mol. The molecule has 1 aliphatic heterocycles. The van der Waals surface area contributed by atoms with Crippen LogP contribution in [0.3, 0.4) is 0 Å². The van der Waals surface area contributed by atoms with Crippen molar-refractivity contribution < 1.29 is 14.0 Å². The van der Waals surface area contributed by atoms with E-state index in [1.165, 1.54) is 23.9 Å². The summed E-state index contributed by atoms with van der Waals surface area (Å²) in [4.78, 5) is 37.5. The van der Waals surface area contributed by atoms with Gasteiger partial charge in [-0.1, -0.05) is 23.2 Å². The first-order valence-electron chi connectivity index (χ1n) is 9.69. The average Bonchev–Trinajstić information content (AvgIpc) is 3.04. The number of hydrogen-bond acceptors (Lipinski definition) is 4. The van der Waals surface area contributed by atoms with E-state index in [9.17, 15) is 14.4 Å². The minimum atomic E-state index is -0.565. The van der Waals surface area contributed by atoms with Crippen LogP contribution in [0.1, 0.15) is 35.4 Å². The first kappa shape index (κ1) is 22.2. The second-order valence-electron chi connectivity index (χ2n) is 7.32. The maximum Gasteiger partial charge on any atom is 0.419 e. The molecule has 1 aromatic heterocycles. The van der Waals surface area contributed by atoms with Crippen LogP contribution >= 0.6 is 23.2 Å². The summed E-state index contributed by atoms with van der Waals surface area (Å²) in [6.45, 7) is 1.84. The number of likely N-dealkylation sites (tertiary alicyclic amines) is 1. The molecule has 0 saturated carbocycles. The quantitative estimate of drug-likeness (QED) is 0.682. The molecule has 0 spiro atoms. The third-order valence-corrected chi connectivity index (χ3v) is 5.52. The van der Waals surface area contributed by atoms with Crippen molar-refractivity contribution in [1.29, 1.82) is 0 Å². The first-order valence-corrected chi connectivity index (χ1v) is 10.4. The Kier molecular flexibility index (Phi) is 7.39. The maximum atomic E-state index is 12.4. The molecule has 1 aromatic carbocycles. The van der Waals surface area contributed by atoms with Gasteiger partial charge in [-0.3, -0.25) is 14.2 Å². The lowest BCUT2D eigenvalue weighted by Crippen LogP contribution is -2.38. The Morgan fingerprint density at radius 1 is 1.20 bits per heavy atom. The van der Waals surface area contributed by atoms with E-state index in [0.717, 1.165) is 24.8 Å². The van der Waals surface area contributed by atoms with E-state index in [0.29, 0.717) is 35.6 Å². The van der Waals surface area contributed by atoms with Gasteiger partial charge in [-0.2, -0.15) is 0 Å². The second-order valence-corrected chi connectivity index (χ2v) is 8.19. The predicted octanol–water partition coefficient (Wildman–Crippen LogP) is 3.36. The van der Waals surface area contributed by atoms with Crippen molar-refractivity contribution >= 4 is 41.1 Å². The van der Waals surface area contributed by atoms with Gasteiger partial charge in [-0.05, 0) is 55.0 Å². The van der Waals surface area contributed by atoms with Crippen LogP contribution in [0.2, 0.25) is 10.0 Å². The Bertz CT molecular complexity index is 984. The lowest BCUT2D eigenvalue weighted by molar-refractivity contribution is -0.127. The molecule has 2 aromatic rings. The zero-order valence-corrected chi connectivity index (χ0v) is 18.1. The van der Waals surface area contributed by atoms with Crippen LogP contribution in [0, 0.1) is 5.92 Å². The van der Waals surface area contributed by atoms with Gasteiger partial charge in [-0.15, -0.1) is 0 Å². The normalized spacial score (nSPS) is 15.0. The highest BCUT2D eigenvalue weighted by atomic mass is 35.5. The maximum absolute atomic E-state index is 12.4. The number of aromatic nitrogens is 1. The summed E-state index contributed by atoms with van der Waals surface area (Å²) in [6.07, 6.45) is 7.17. The van der Waals surface area contributed by atoms with E-state index in [2.05, 4.69) is 5.32 Å². The third kappa shape index (κ3) is 6.00. The number of nitrogens with zero attached hydrogens (tertiary/aromatic N) is 2. The summed E-state index contributed by atoms with van der Waals surface area (Å²) < 4.78 is 6.08. The van der Waals surface area contributed by atoms with E-state index in [1.54, 1.807) is 24.3 Å². The number of oxazole rings is 1. The number of piperidine rings is 1. The van der Waals surface area contributed by atoms with Gasteiger partial charge in [0.1, 0.15) is 0 Å². The fourth-order valence-corrected chi connectivity index (χ4v) is 3.93. The highest BCUT2D eigenvalue weighted by Crippen LogP contribution is 2.22. The van der Waals surface area contributed by atoms with E-state index < -0.39 is 11.7 Å². The van der Waals surface area contributed by atoms with Crippen molar-refractivity contribution in [1.82, 2.24) is 14.8 Å². The summed E-state index contributed by atoms with van der Waals surface area (Å²) in [5.41, 5.74) is 0.778. The number of carbonyl (C=O) groups is 2. The number of aryl methyl sites for hydroxylation is 1. The fraction of sp³-hybridized carbons (Fsp3) is 0.381. The van der Waals surface area contributed by atoms with E-state index >= 15 is 0 Å². The molecule has 0 radical (unpaired) electrons. The van der Waals surface area contributed by atoms with Crippen LogP contribution in [0.4, 0.5) is 0 Å². The Morgan fingerprint density at radius 2 is 1.87 bits per heavy atom. The summed E-state index contributed by atoms with van der Waals surface area (Å²) in [7, 11) is 1.52. The SMILES string of the molecule is Cn1cc(C(=O)NCCC2CCN(C(=O)/C=C/c3cc(Cl)cc(Cl)c3)CC2)oc1=O. The first-order chi connectivity index (χ1) is 14.3. The molecule has 160 valence electrons. The van der Waals surface area contributed by atoms with Gasteiger partial charge >= 0.3 is 5.76 Å². The van der Waals surface area contributed by atoms with Crippen molar-refractivity contribution in [2.24, 2.45) is 13.0 Å². The van der Waals surface area contributed by atoms with Gasteiger partial charge in [-0.25, -0.2) is 4.79 Å². The van der Waals surface area contributed by atoms with Crippen molar-refractivity contribution in [2.45, 2.75) is 19.3 Å². The minimum Gasteiger partial charge on any atom is -0.402 e. The molecular formula is C21H23Cl2N3O4. The molecule has 0 unspecified atom stereocenters. The van der Waals surface area contributed by atoms with Crippen LogP contribution in [-0.2, 0) is 11.8 Å². The van der Waals surface area contributed by atoms with Crippen molar-refractivity contribution in [3.05, 3.63) is 62.4 Å². The standard InChI is InChI=1S/C21H23Cl2N3O4/c1-25-13-18(30-21(25)29)20(28)24-7-4-14-5-8-26(9-6-14)19(27)3-2-15-10-16(22)12-17(23)11-15/h2-3,10-14H,4-9H2,1H3,(H,24,28)/b3-2+. The van der Waals surface area contributed by atoms with Gasteiger partial charge in [0.2, 0.25) is 11.7 Å². The minimum absolute atomic E-state index is 0.00990. The lowest BCUT2D eigenvalue weighted by Gasteiger charge is -2.31. The Morgan fingerprint density at radius 3 is 2.47 bits per heavy atom. The van der Waals surface area contributed by atoms with Gasteiger partial charge in [0.05, 0.1) is 6.20 Å². The molecule has 9 heteroatoms. The van der Waals surface area contributed by atoms with Crippen LogP contribution < -0.4 is 11.1 Å². The topological polar surface area (TPSA) is 84.6 Å². The van der Waals surface area contributed by atoms with E-state index in [1.807, 2.05) is 4.90 Å². The Balaban J connectivity index is 1.41. The molecule has 1 N–H and O–H groups in total. The lowest BCUT2D eigenvalue weighted by atomic mass is 9.93. The van der Waals surface area contributed by atoms with Gasteiger partial charge in [0, 0.05) is 42.8 Å². The Labute approximate surface area is 184 Å². The smallest absolute Gasteiger partial charge is 0.402 e. The second kappa shape index (κ2) is 10.00. The van der Waals surface area contributed by atoms with Crippen molar-refractivity contribution in [2.75, 3.05) is 19.6 Å². The third-order valence-electron chi connectivity index (χ3n) is 5.09. The number of amides is 2. The number of halogens is 2. The molecule has 1 aliphatic rings. The van der Waals surface area contributed by atoms with Crippen LogP contribution in [0.25, 0.3) is 6.08 Å². The summed E-state index contributed by atoms with van der Waals surface area (Å²) in [5.74, 6) is -0.572. The monoisotopic (exact) mass is 451 g/mol. The zero-order chi connectivity index (χ0) is 21.7. The van der Waals surface area contributed by atoms with Gasteiger partial charge in [0.25, 0.3) is 5.91 Å². The van der Waals surface area contributed by atoms with E-state index in [-0.39, 0.29) is 11.7 Å². The molecule has 0 bridgehead atoms. The molecule has 0 aliphatic carbocycles. The number of nitrogens with one attached hydrogen (secondary N) is 1. The number of rotatable bonds is 6. The molecule has 1 fully saturated rings. The summed E-state index contributed by atoms with van der Waals surface area (Å²) >= 11 is 11.9. The molecule has 30 heavy (non-hydrogen) atoms. The van der Waals surface area contributed by atoms with Crippen LogP contribution in [0.15, 0.2) is 39.7 Å². The molecule has 1 saturated heterocycles. The predicted molar refractivity (Wildman–Crippen MR) is 116 cm³/mol. The number of benzene rings is 1. The highest BCUT2D eigenvalue weighted by Gasteiger charge is 2.22. The number of carbonyl (C=O) groups excluding carboxylic acids is 2.